The Morgan fingerprint density at radius 1 is 1.29 bits per heavy atom. The van der Waals surface area contributed by atoms with Crippen molar-refractivity contribution in [2.75, 3.05) is 26.2 Å². The van der Waals surface area contributed by atoms with E-state index in [2.05, 4.69) is 25.5 Å². The minimum atomic E-state index is 0.312. The van der Waals surface area contributed by atoms with Crippen molar-refractivity contribution >= 4 is 23.3 Å². The molecule has 1 aromatic carbocycles. The first-order chi connectivity index (χ1) is 11.8. The second-order valence-electron chi connectivity index (χ2n) is 6.30. The van der Waals surface area contributed by atoms with E-state index in [1.165, 1.54) is 37.7 Å². The highest BCUT2D eigenvalue weighted by atomic mass is 35.5. The number of fused-ring (bicyclic) bond motifs is 3. The molecule has 0 aliphatic carbocycles. The van der Waals surface area contributed by atoms with Crippen molar-refractivity contribution < 1.29 is 4.74 Å². The summed E-state index contributed by atoms with van der Waals surface area (Å²) in [4.78, 5) is 2.52. The number of benzene rings is 1. The Balaban J connectivity index is 1.41. The molecule has 4 heterocycles. The largest absolute Gasteiger partial charge is 0.463 e. The Kier molecular flexibility index (Phi) is 4.70. The minimum absolute atomic E-state index is 0.312. The predicted octanol–water partition coefficient (Wildman–Crippen LogP) is 3.43. The maximum atomic E-state index is 5.96. The molecule has 6 heteroatoms. The fraction of sp³-hybridized carbons (Fsp3) is 0.444. The first kappa shape index (κ1) is 15.9. The highest BCUT2D eigenvalue weighted by molar-refractivity contribution is 6.99. The molecule has 24 heavy (non-hydrogen) atoms. The topological polar surface area (TPSA) is 38.3 Å². The van der Waals surface area contributed by atoms with Gasteiger partial charge in [0.2, 0.25) is 5.88 Å². The van der Waals surface area contributed by atoms with Gasteiger partial charge in [-0.1, -0.05) is 29.5 Å². The van der Waals surface area contributed by atoms with Crippen LogP contribution >= 0.6 is 23.3 Å². The van der Waals surface area contributed by atoms with Crippen LogP contribution in [0.4, 0.5) is 0 Å². The van der Waals surface area contributed by atoms with E-state index in [0.717, 1.165) is 23.7 Å². The number of hydrogen-bond donors (Lipinski definition) is 0. The van der Waals surface area contributed by atoms with Crippen LogP contribution in [0.1, 0.15) is 30.0 Å². The number of hydrogen-bond acceptors (Lipinski definition) is 5. The number of ether oxygens (including phenoxy) is 1. The zero-order valence-electron chi connectivity index (χ0n) is 13.2. The molecule has 3 saturated heterocycles. The minimum Gasteiger partial charge on any atom is -0.463 e. The summed E-state index contributed by atoms with van der Waals surface area (Å²) in [7, 11) is 0. The van der Waals surface area contributed by atoms with Crippen LogP contribution in [0.2, 0.25) is 5.02 Å². The summed E-state index contributed by atoms with van der Waals surface area (Å²) in [6, 6.07) is 7.51. The molecule has 0 saturated carbocycles. The molecular weight excluding hydrogens is 342 g/mol. The summed E-state index contributed by atoms with van der Waals surface area (Å²) in [5.41, 5.74) is 1.92. The van der Waals surface area contributed by atoms with Crippen molar-refractivity contribution in [2.45, 2.75) is 18.8 Å². The van der Waals surface area contributed by atoms with Crippen molar-refractivity contribution in [3.8, 4) is 17.7 Å². The van der Waals surface area contributed by atoms with E-state index in [4.69, 9.17) is 16.3 Å². The fourth-order valence-corrected chi connectivity index (χ4v) is 4.35. The van der Waals surface area contributed by atoms with Gasteiger partial charge in [-0.05, 0) is 50.0 Å². The number of rotatable bonds is 3. The number of piperidine rings is 3. The number of nitrogens with zero attached hydrogens (tertiary/aromatic N) is 3. The first-order valence-electron chi connectivity index (χ1n) is 8.21. The van der Waals surface area contributed by atoms with Gasteiger partial charge in [-0.3, -0.25) is 0 Å². The summed E-state index contributed by atoms with van der Waals surface area (Å²) in [5.74, 6) is 7.94. The molecule has 0 spiro atoms. The molecule has 3 aliphatic heterocycles. The maximum Gasteiger partial charge on any atom is 0.250 e. The number of halogens is 1. The lowest BCUT2D eigenvalue weighted by Crippen LogP contribution is -2.46. The van der Waals surface area contributed by atoms with E-state index < -0.39 is 0 Å². The third kappa shape index (κ3) is 3.41. The Hall–Kier alpha value is -1.61. The van der Waals surface area contributed by atoms with Gasteiger partial charge in [0.15, 0.2) is 6.61 Å². The summed E-state index contributed by atoms with van der Waals surface area (Å²) >= 11 is 7.19. The van der Waals surface area contributed by atoms with Gasteiger partial charge in [-0.2, -0.15) is 4.37 Å². The molecule has 0 unspecified atom stereocenters. The second kappa shape index (κ2) is 7.10. The van der Waals surface area contributed by atoms with Crippen molar-refractivity contribution in [1.82, 2.24) is 13.6 Å². The van der Waals surface area contributed by atoms with Gasteiger partial charge < -0.3 is 9.64 Å². The highest BCUT2D eigenvalue weighted by Gasteiger charge is 2.38. The smallest absolute Gasteiger partial charge is 0.250 e. The lowest BCUT2D eigenvalue weighted by atomic mass is 9.77. The average molecular weight is 360 g/mol. The molecule has 3 fully saturated rings. The van der Waals surface area contributed by atoms with Crippen LogP contribution in [-0.2, 0) is 0 Å². The quantitative estimate of drug-likeness (QED) is 0.787. The lowest BCUT2D eigenvalue weighted by Gasteiger charge is -2.44. The monoisotopic (exact) mass is 359 g/mol. The van der Waals surface area contributed by atoms with E-state index in [9.17, 15) is 0 Å². The lowest BCUT2D eigenvalue weighted by molar-refractivity contribution is 0.0843. The predicted molar refractivity (Wildman–Crippen MR) is 95.6 cm³/mol. The van der Waals surface area contributed by atoms with E-state index in [1.807, 2.05) is 24.3 Å². The summed E-state index contributed by atoms with van der Waals surface area (Å²) < 4.78 is 14.7. The van der Waals surface area contributed by atoms with Gasteiger partial charge in [0.25, 0.3) is 0 Å². The molecule has 5 rings (SSSR count). The summed E-state index contributed by atoms with van der Waals surface area (Å²) in [5, 5.41) is 0.691. The third-order valence-electron chi connectivity index (χ3n) is 4.83. The van der Waals surface area contributed by atoms with Crippen LogP contribution in [0, 0.1) is 17.8 Å². The van der Waals surface area contributed by atoms with Crippen molar-refractivity contribution in [3.05, 3.63) is 40.5 Å². The fourth-order valence-electron chi connectivity index (χ4n) is 3.60. The van der Waals surface area contributed by atoms with Crippen LogP contribution in [0.3, 0.4) is 0 Å². The van der Waals surface area contributed by atoms with Crippen molar-refractivity contribution in [3.63, 3.8) is 0 Å². The van der Waals surface area contributed by atoms with Crippen LogP contribution in [0.25, 0.3) is 0 Å². The van der Waals surface area contributed by atoms with Crippen LogP contribution in [0.5, 0.6) is 5.88 Å². The molecule has 2 aromatic rings. The summed E-state index contributed by atoms with van der Waals surface area (Å²) in [6.07, 6.45) is 2.52. The zero-order valence-corrected chi connectivity index (χ0v) is 14.8. The standard InChI is InChI=1S/C18H18ClN3OS/c19-15-5-1-3-13(11-15)4-2-10-23-18-17(20-24-21-18)16-12-22-8-6-14(16)7-9-22/h1,3,5,11,14,16H,6-10,12H2/t16-/m1/s1. The van der Waals surface area contributed by atoms with Gasteiger partial charge in [0, 0.05) is 23.0 Å². The molecule has 1 atom stereocenters. The van der Waals surface area contributed by atoms with E-state index in [0.29, 0.717) is 23.4 Å². The van der Waals surface area contributed by atoms with E-state index in [1.54, 1.807) is 0 Å². The van der Waals surface area contributed by atoms with E-state index >= 15 is 0 Å². The highest BCUT2D eigenvalue weighted by Crippen LogP contribution is 2.41. The van der Waals surface area contributed by atoms with Crippen LogP contribution in [0.15, 0.2) is 24.3 Å². The van der Waals surface area contributed by atoms with Gasteiger partial charge in [-0.25, -0.2) is 0 Å². The number of aromatic nitrogens is 2. The maximum absolute atomic E-state index is 5.96. The molecule has 0 radical (unpaired) electrons. The van der Waals surface area contributed by atoms with Gasteiger partial charge in [0.1, 0.15) is 5.69 Å². The normalized spacial score (nSPS) is 25.1. The summed E-state index contributed by atoms with van der Waals surface area (Å²) in [6.45, 7) is 3.84. The molecular formula is C18H18ClN3OS. The van der Waals surface area contributed by atoms with Crippen molar-refractivity contribution in [1.29, 1.82) is 0 Å². The Morgan fingerprint density at radius 2 is 2.17 bits per heavy atom. The van der Waals surface area contributed by atoms with Gasteiger partial charge in [0.05, 0.1) is 11.7 Å². The Bertz CT molecular complexity index is 774. The molecule has 1 aromatic heterocycles. The van der Waals surface area contributed by atoms with Gasteiger partial charge in [-0.15, -0.1) is 4.37 Å². The zero-order chi connectivity index (χ0) is 16.4. The van der Waals surface area contributed by atoms with Crippen LogP contribution in [-0.4, -0.2) is 39.9 Å². The van der Waals surface area contributed by atoms with E-state index in [-0.39, 0.29) is 0 Å². The Labute approximate surface area is 151 Å². The van der Waals surface area contributed by atoms with Crippen molar-refractivity contribution in [2.24, 2.45) is 5.92 Å². The molecule has 3 aliphatic rings. The van der Waals surface area contributed by atoms with Gasteiger partial charge >= 0.3 is 0 Å². The molecule has 4 nitrogen and oxygen atoms in total. The molecule has 124 valence electrons. The Morgan fingerprint density at radius 3 is 2.92 bits per heavy atom. The average Bonchev–Trinajstić information content (AvgIpc) is 3.08. The molecule has 0 N–H and O–H groups in total. The van der Waals surface area contributed by atoms with Crippen LogP contribution < -0.4 is 4.74 Å². The molecule has 2 bridgehead atoms. The second-order valence-corrected chi connectivity index (χ2v) is 7.26. The molecule has 0 amide bonds. The SMILES string of the molecule is Clc1cccc(C#CCOc2nsnc2[C@@H]2CN3CCC2CC3)c1. The first-order valence-corrected chi connectivity index (χ1v) is 9.32. The third-order valence-corrected chi connectivity index (χ3v) is 5.59.